The number of nitrogens with one attached hydrogen (secondary N) is 2. The summed E-state index contributed by atoms with van der Waals surface area (Å²) in [6.45, 7) is 1.05. The number of nitrogens with zero attached hydrogens (tertiary/aromatic N) is 2. The second kappa shape index (κ2) is 7.40. The first-order valence-corrected chi connectivity index (χ1v) is 9.23. The fourth-order valence-corrected chi connectivity index (χ4v) is 3.02. The van der Waals surface area contributed by atoms with Crippen molar-refractivity contribution in [2.75, 3.05) is 5.32 Å². The van der Waals surface area contributed by atoms with Gasteiger partial charge in [-0.2, -0.15) is 13.2 Å². The maximum absolute atomic E-state index is 12.7. The molecule has 29 heavy (non-hydrogen) atoms. The summed E-state index contributed by atoms with van der Waals surface area (Å²) in [6.07, 6.45) is -2.58. The van der Waals surface area contributed by atoms with Gasteiger partial charge in [-0.05, 0) is 42.8 Å². The normalized spacial score (nSPS) is 12.9. The molecule has 0 radical (unpaired) electrons. The molecule has 8 heteroatoms. The molecule has 0 aliphatic carbocycles. The molecule has 1 unspecified atom stereocenters. The Balaban J connectivity index is 1.58. The van der Waals surface area contributed by atoms with Gasteiger partial charge in [-0.25, -0.2) is 4.98 Å². The van der Waals surface area contributed by atoms with Gasteiger partial charge in [0.25, 0.3) is 0 Å². The van der Waals surface area contributed by atoms with E-state index in [0.29, 0.717) is 16.1 Å². The van der Waals surface area contributed by atoms with Crippen LogP contribution in [0, 0.1) is 0 Å². The highest BCUT2D eigenvalue weighted by molar-refractivity contribution is 6.30. The molecule has 0 aliphatic heterocycles. The number of benzene rings is 2. The van der Waals surface area contributed by atoms with Gasteiger partial charge < -0.3 is 10.3 Å². The molecule has 2 aromatic carbocycles. The summed E-state index contributed by atoms with van der Waals surface area (Å²) in [7, 11) is 0. The number of fused-ring (bicyclic) bond motifs is 1. The topological polar surface area (TPSA) is 53.6 Å². The zero-order chi connectivity index (χ0) is 20.6. The van der Waals surface area contributed by atoms with Crippen LogP contribution in [0.5, 0.6) is 0 Å². The van der Waals surface area contributed by atoms with Crippen LogP contribution in [-0.4, -0.2) is 27.2 Å². The van der Waals surface area contributed by atoms with Gasteiger partial charge in [0.2, 0.25) is 5.95 Å². The van der Waals surface area contributed by atoms with Crippen molar-refractivity contribution in [2.45, 2.75) is 19.1 Å². The number of imidazole rings is 1. The molecule has 0 aliphatic rings. The molecule has 0 fully saturated rings. The van der Waals surface area contributed by atoms with Crippen LogP contribution in [0.4, 0.5) is 19.1 Å². The lowest BCUT2D eigenvalue weighted by molar-refractivity contribution is -0.138. The summed E-state index contributed by atoms with van der Waals surface area (Å²) in [5, 5.41) is 3.01. The molecule has 0 spiro atoms. The number of aromatic nitrogens is 3. The van der Waals surface area contributed by atoms with Crippen LogP contribution in [0.15, 0.2) is 60.8 Å². The Bertz CT molecular complexity index is 1140. The van der Waals surface area contributed by atoms with Crippen LogP contribution >= 0.6 is 11.6 Å². The first kappa shape index (κ1) is 19.3. The maximum Gasteiger partial charge on any atom is 0.408 e. The average Bonchev–Trinajstić information content (AvgIpc) is 3.09. The lowest BCUT2D eigenvalue weighted by Crippen LogP contribution is -2.33. The van der Waals surface area contributed by atoms with Crippen LogP contribution in [-0.2, 0) is 0 Å². The molecule has 0 saturated heterocycles. The number of aromatic amines is 1. The average molecular weight is 417 g/mol. The minimum absolute atomic E-state index is 0.0769. The molecular weight excluding hydrogens is 401 g/mol. The number of pyridine rings is 1. The molecule has 0 bridgehead atoms. The Hall–Kier alpha value is -3.06. The molecule has 148 valence electrons. The van der Waals surface area contributed by atoms with Crippen molar-refractivity contribution in [1.82, 2.24) is 15.0 Å². The fraction of sp³-hybridized carbons (Fsp3) is 0.143. The number of H-pyrrole nitrogens is 1. The van der Waals surface area contributed by atoms with Crippen molar-refractivity contribution in [1.29, 1.82) is 0 Å². The van der Waals surface area contributed by atoms with Crippen molar-refractivity contribution >= 4 is 28.6 Å². The molecular formula is C21H16ClF3N4. The Labute approximate surface area is 169 Å². The minimum atomic E-state index is -4.35. The third-order valence-corrected chi connectivity index (χ3v) is 4.82. The Morgan fingerprint density at radius 3 is 2.31 bits per heavy atom. The smallest absolute Gasteiger partial charge is 0.344 e. The van der Waals surface area contributed by atoms with Crippen LogP contribution < -0.4 is 5.32 Å². The van der Waals surface area contributed by atoms with Gasteiger partial charge in [-0.15, -0.1) is 0 Å². The highest BCUT2D eigenvalue weighted by Crippen LogP contribution is 2.27. The van der Waals surface area contributed by atoms with Gasteiger partial charge in [0, 0.05) is 22.3 Å². The molecule has 2 heterocycles. The van der Waals surface area contributed by atoms with Crippen molar-refractivity contribution in [3.8, 4) is 22.4 Å². The van der Waals surface area contributed by atoms with E-state index in [4.69, 9.17) is 11.6 Å². The largest absolute Gasteiger partial charge is 0.408 e. The molecule has 4 rings (SSSR count). The second-order valence-electron chi connectivity index (χ2n) is 6.66. The Morgan fingerprint density at radius 1 is 0.966 bits per heavy atom. The zero-order valence-corrected chi connectivity index (χ0v) is 16.0. The van der Waals surface area contributed by atoms with Gasteiger partial charge in [-0.3, -0.25) is 4.98 Å². The predicted octanol–water partition coefficient (Wildman–Crippen LogP) is 6.31. The minimum Gasteiger partial charge on any atom is -0.344 e. The molecule has 0 saturated carbocycles. The third-order valence-electron chi connectivity index (χ3n) is 4.56. The van der Waals surface area contributed by atoms with Crippen molar-refractivity contribution in [3.05, 3.63) is 65.8 Å². The second-order valence-corrected chi connectivity index (χ2v) is 7.10. The standard InChI is InChI=1S/C21H16ClF3N4/c1-12(21(23,24)25)27-20-28-18-9-4-14(10-19(18)29-20)17-8-5-15(11-26-17)13-2-6-16(22)7-3-13/h2-12H,1H3,(H2,27,28,29). The molecule has 2 aromatic heterocycles. The van der Waals surface area contributed by atoms with E-state index in [1.54, 1.807) is 18.3 Å². The SMILES string of the molecule is CC(Nc1nc2cc(-c3ccc(-c4ccc(Cl)cc4)cn3)ccc2[nH]1)C(F)(F)F. The van der Waals surface area contributed by atoms with Crippen molar-refractivity contribution in [2.24, 2.45) is 0 Å². The Morgan fingerprint density at radius 2 is 1.66 bits per heavy atom. The van der Waals surface area contributed by atoms with Crippen molar-refractivity contribution < 1.29 is 13.2 Å². The summed E-state index contributed by atoms with van der Waals surface area (Å²) < 4.78 is 38.2. The molecule has 0 amide bonds. The van der Waals surface area contributed by atoms with Gasteiger partial charge in [0.05, 0.1) is 16.7 Å². The first-order chi connectivity index (χ1) is 13.8. The van der Waals surface area contributed by atoms with Crippen LogP contribution in [0.2, 0.25) is 5.02 Å². The maximum atomic E-state index is 12.7. The van der Waals surface area contributed by atoms with Gasteiger partial charge >= 0.3 is 6.18 Å². The summed E-state index contributed by atoms with van der Waals surface area (Å²) in [6, 6.07) is 15.0. The zero-order valence-electron chi connectivity index (χ0n) is 15.3. The van der Waals surface area contributed by atoms with Gasteiger partial charge in [0.1, 0.15) is 6.04 Å². The monoisotopic (exact) mass is 416 g/mol. The lowest BCUT2D eigenvalue weighted by atomic mass is 10.1. The summed E-state index contributed by atoms with van der Waals surface area (Å²) in [4.78, 5) is 11.6. The van der Waals surface area contributed by atoms with E-state index >= 15 is 0 Å². The van der Waals surface area contributed by atoms with Crippen LogP contribution in [0.3, 0.4) is 0 Å². The van der Waals surface area contributed by atoms with E-state index in [1.807, 2.05) is 42.5 Å². The van der Waals surface area contributed by atoms with E-state index in [-0.39, 0.29) is 5.95 Å². The van der Waals surface area contributed by atoms with E-state index in [0.717, 1.165) is 29.3 Å². The number of halogens is 4. The number of hydrogen-bond acceptors (Lipinski definition) is 3. The van der Waals surface area contributed by atoms with E-state index < -0.39 is 12.2 Å². The van der Waals surface area contributed by atoms with Gasteiger partial charge in [0.15, 0.2) is 0 Å². The van der Waals surface area contributed by atoms with Crippen LogP contribution in [0.1, 0.15) is 6.92 Å². The summed E-state index contributed by atoms with van der Waals surface area (Å²) in [5.41, 5.74) is 4.73. The van der Waals surface area contributed by atoms with E-state index in [9.17, 15) is 13.2 Å². The predicted molar refractivity (Wildman–Crippen MR) is 109 cm³/mol. The highest BCUT2D eigenvalue weighted by Gasteiger charge is 2.36. The quantitative estimate of drug-likeness (QED) is 0.410. The molecule has 4 nitrogen and oxygen atoms in total. The number of rotatable bonds is 4. The van der Waals surface area contributed by atoms with Crippen molar-refractivity contribution in [3.63, 3.8) is 0 Å². The number of alkyl halides is 3. The fourth-order valence-electron chi connectivity index (χ4n) is 2.90. The number of hydrogen-bond donors (Lipinski definition) is 2. The van der Waals surface area contributed by atoms with Gasteiger partial charge in [-0.1, -0.05) is 35.9 Å². The van der Waals surface area contributed by atoms with E-state index in [1.165, 1.54) is 0 Å². The highest BCUT2D eigenvalue weighted by atomic mass is 35.5. The van der Waals surface area contributed by atoms with E-state index in [2.05, 4.69) is 20.3 Å². The lowest BCUT2D eigenvalue weighted by Gasteiger charge is -2.16. The molecule has 2 N–H and O–H groups in total. The summed E-state index contributed by atoms with van der Waals surface area (Å²) >= 11 is 5.92. The first-order valence-electron chi connectivity index (χ1n) is 8.85. The molecule has 4 aromatic rings. The Kier molecular flexibility index (Phi) is 4.92. The van der Waals surface area contributed by atoms with Crippen LogP contribution in [0.25, 0.3) is 33.4 Å². The number of anilines is 1. The third kappa shape index (κ3) is 4.19. The molecule has 1 atom stereocenters. The summed E-state index contributed by atoms with van der Waals surface area (Å²) in [5.74, 6) is 0.0769.